The minimum Gasteiger partial charge on any atom is -0.342 e. The van der Waals surface area contributed by atoms with Gasteiger partial charge < -0.3 is 9.80 Å². The predicted octanol–water partition coefficient (Wildman–Crippen LogP) is 4.87. The van der Waals surface area contributed by atoms with Crippen LogP contribution in [-0.4, -0.2) is 47.3 Å². The zero-order valence-electron chi connectivity index (χ0n) is 19.3. The van der Waals surface area contributed by atoms with Crippen LogP contribution < -0.4 is 0 Å². The van der Waals surface area contributed by atoms with E-state index in [1.165, 1.54) is 44.9 Å². The minimum absolute atomic E-state index is 0.268. The number of fused-ring (bicyclic) bond motifs is 5. The molecule has 0 spiro atoms. The summed E-state index contributed by atoms with van der Waals surface area (Å²) in [4.78, 5) is 28.8. The van der Waals surface area contributed by atoms with Crippen molar-refractivity contribution in [3.05, 3.63) is 0 Å². The Balaban J connectivity index is 1.59. The third-order valence-electron chi connectivity index (χ3n) is 10.4. The zero-order valence-corrected chi connectivity index (χ0v) is 19.3. The Kier molecular flexibility index (Phi) is 5.53. The summed E-state index contributed by atoms with van der Waals surface area (Å²) >= 11 is 0. The quantitative estimate of drug-likeness (QED) is 0.616. The molecule has 1 heterocycles. The number of piperidine rings is 1. The SMILES string of the molecule is CCC(CC)N(C=O)[C@H]1CC[C@H]2[C@@H]3CC[C@H]4N(C)C(=O)CC[C@]4(C)[C@H]3CC[C@]12C. The van der Waals surface area contributed by atoms with Gasteiger partial charge in [-0.3, -0.25) is 9.59 Å². The summed E-state index contributed by atoms with van der Waals surface area (Å²) in [7, 11) is 2.04. The summed E-state index contributed by atoms with van der Waals surface area (Å²) in [6.07, 6.45) is 12.5. The highest BCUT2D eigenvalue weighted by Crippen LogP contribution is 2.65. The lowest BCUT2D eigenvalue weighted by molar-refractivity contribution is -0.159. The van der Waals surface area contributed by atoms with Crippen LogP contribution in [0.5, 0.6) is 0 Å². The van der Waals surface area contributed by atoms with Gasteiger partial charge in [0, 0.05) is 31.6 Å². The van der Waals surface area contributed by atoms with Crippen molar-refractivity contribution in [2.24, 2.45) is 28.6 Å². The van der Waals surface area contributed by atoms with E-state index in [2.05, 4.69) is 37.5 Å². The van der Waals surface area contributed by atoms with Crippen LogP contribution >= 0.6 is 0 Å². The Bertz CT molecular complexity index is 647. The summed E-state index contributed by atoms with van der Waals surface area (Å²) in [5, 5.41) is 0. The second-order valence-corrected chi connectivity index (χ2v) is 11.1. The molecule has 4 rings (SSSR count). The molecule has 0 N–H and O–H groups in total. The van der Waals surface area contributed by atoms with Crippen LogP contribution in [0.2, 0.25) is 0 Å². The highest BCUT2D eigenvalue weighted by Gasteiger charge is 2.62. The van der Waals surface area contributed by atoms with Crippen molar-refractivity contribution in [3.8, 4) is 0 Å². The molecule has 4 nitrogen and oxygen atoms in total. The molecule has 4 heteroatoms. The Morgan fingerprint density at radius 1 is 1.03 bits per heavy atom. The first-order valence-electron chi connectivity index (χ1n) is 12.3. The van der Waals surface area contributed by atoms with Gasteiger partial charge in [-0.15, -0.1) is 0 Å². The van der Waals surface area contributed by atoms with Gasteiger partial charge in [-0.25, -0.2) is 0 Å². The van der Waals surface area contributed by atoms with E-state index in [1.807, 2.05) is 7.05 Å². The fraction of sp³-hybridized carbons (Fsp3) is 0.920. The predicted molar refractivity (Wildman–Crippen MR) is 116 cm³/mol. The molecule has 0 bridgehead atoms. The van der Waals surface area contributed by atoms with Crippen molar-refractivity contribution in [2.75, 3.05) is 7.05 Å². The number of nitrogens with zero attached hydrogens (tertiary/aromatic N) is 2. The van der Waals surface area contributed by atoms with E-state index >= 15 is 0 Å². The maximum Gasteiger partial charge on any atom is 0.222 e. The van der Waals surface area contributed by atoms with Crippen molar-refractivity contribution in [1.82, 2.24) is 9.80 Å². The van der Waals surface area contributed by atoms with Crippen molar-refractivity contribution >= 4 is 12.3 Å². The molecular formula is C25H42N2O2. The van der Waals surface area contributed by atoms with Crippen LogP contribution in [0.4, 0.5) is 0 Å². The molecule has 0 aromatic rings. The third-order valence-corrected chi connectivity index (χ3v) is 10.4. The minimum atomic E-state index is 0.268. The molecule has 2 amide bonds. The number of amides is 2. The second kappa shape index (κ2) is 7.57. The average molecular weight is 403 g/mol. The fourth-order valence-corrected chi connectivity index (χ4v) is 8.74. The van der Waals surface area contributed by atoms with E-state index < -0.39 is 0 Å². The number of rotatable bonds is 5. The van der Waals surface area contributed by atoms with Crippen molar-refractivity contribution in [1.29, 1.82) is 0 Å². The summed E-state index contributed by atoms with van der Waals surface area (Å²) < 4.78 is 0. The van der Waals surface area contributed by atoms with Crippen LogP contribution in [0.3, 0.4) is 0 Å². The highest BCUT2D eigenvalue weighted by atomic mass is 16.2. The smallest absolute Gasteiger partial charge is 0.222 e. The number of likely N-dealkylation sites (tertiary alicyclic amines) is 1. The molecule has 4 fully saturated rings. The summed E-state index contributed by atoms with van der Waals surface area (Å²) in [6.45, 7) is 9.45. The molecule has 3 aliphatic carbocycles. The van der Waals surface area contributed by atoms with Gasteiger partial charge in [0.15, 0.2) is 0 Å². The zero-order chi connectivity index (χ0) is 21.0. The first-order valence-corrected chi connectivity index (χ1v) is 12.3. The third kappa shape index (κ3) is 2.98. The van der Waals surface area contributed by atoms with E-state index in [-0.39, 0.29) is 10.8 Å². The van der Waals surface area contributed by atoms with Gasteiger partial charge >= 0.3 is 0 Å². The molecule has 0 radical (unpaired) electrons. The van der Waals surface area contributed by atoms with Crippen molar-refractivity contribution < 1.29 is 9.59 Å². The molecular weight excluding hydrogens is 360 g/mol. The lowest BCUT2D eigenvalue weighted by Gasteiger charge is -2.62. The summed E-state index contributed by atoms with van der Waals surface area (Å²) in [6, 6.07) is 1.23. The largest absolute Gasteiger partial charge is 0.342 e. The van der Waals surface area contributed by atoms with Crippen LogP contribution in [0.25, 0.3) is 0 Å². The van der Waals surface area contributed by atoms with Crippen LogP contribution in [0.15, 0.2) is 0 Å². The molecule has 1 aliphatic heterocycles. The number of carbonyl (C=O) groups excluding carboxylic acids is 2. The van der Waals surface area contributed by atoms with E-state index in [4.69, 9.17) is 0 Å². The molecule has 3 saturated carbocycles. The van der Waals surface area contributed by atoms with Crippen LogP contribution in [0, 0.1) is 28.6 Å². The number of hydrogen-bond donors (Lipinski definition) is 0. The van der Waals surface area contributed by atoms with Gasteiger partial charge in [0.25, 0.3) is 0 Å². The normalized spacial score (nSPS) is 44.3. The lowest BCUT2D eigenvalue weighted by Crippen LogP contribution is -2.62. The van der Waals surface area contributed by atoms with Gasteiger partial charge in [-0.1, -0.05) is 27.7 Å². The van der Waals surface area contributed by atoms with Gasteiger partial charge in [-0.05, 0) is 86.4 Å². The standard InChI is InChI=1S/C25H42N2O2/c1-6-17(7-2)27(16-28)22-11-9-19-18-8-10-21-24(3,15-13-23(29)26(21)5)20(18)12-14-25(19,22)4/h16-22H,6-15H2,1-5H3/t18-,19-,20-,21+,22-,24+,25-/m0/s1. The van der Waals surface area contributed by atoms with E-state index in [9.17, 15) is 9.59 Å². The second-order valence-electron chi connectivity index (χ2n) is 11.1. The topological polar surface area (TPSA) is 40.6 Å². The Morgan fingerprint density at radius 2 is 1.72 bits per heavy atom. The first-order chi connectivity index (χ1) is 13.8. The Labute approximate surface area is 177 Å². The van der Waals surface area contributed by atoms with E-state index in [0.29, 0.717) is 24.0 Å². The maximum absolute atomic E-state index is 12.3. The van der Waals surface area contributed by atoms with Crippen molar-refractivity contribution in [2.45, 2.75) is 110 Å². The molecule has 1 saturated heterocycles. The fourth-order valence-electron chi connectivity index (χ4n) is 8.74. The molecule has 0 unspecified atom stereocenters. The monoisotopic (exact) mass is 402 g/mol. The molecule has 4 aliphatic rings. The highest BCUT2D eigenvalue weighted by molar-refractivity contribution is 5.77. The van der Waals surface area contributed by atoms with Gasteiger partial charge in [0.1, 0.15) is 0 Å². The van der Waals surface area contributed by atoms with Gasteiger partial charge in [0.05, 0.1) is 0 Å². The van der Waals surface area contributed by atoms with Crippen molar-refractivity contribution in [3.63, 3.8) is 0 Å². The Morgan fingerprint density at radius 3 is 2.38 bits per heavy atom. The molecule has 0 aromatic carbocycles. The first kappa shape index (κ1) is 21.2. The average Bonchev–Trinajstić information content (AvgIpc) is 3.06. The number of hydrogen-bond acceptors (Lipinski definition) is 2. The van der Waals surface area contributed by atoms with E-state index in [1.54, 1.807) is 0 Å². The summed E-state index contributed by atoms with van der Waals surface area (Å²) in [5.41, 5.74) is 0.551. The number of carbonyl (C=O) groups is 2. The molecule has 7 atom stereocenters. The summed E-state index contributed by atoms with van der Waals surface area (Å²) in [5.74, 6) is 2.60. The van der Waals surface area contributed by atoms with Crippen LogP contribution in [-0.2, 0) is 9.59 Å². The lowest BCUT2D eigenvalue weighted by atomic mass is 9.47. The van der Waals surface area contributed by atoms with Gasteiger partial charge in [0.2, 0.25) is 12.3 Å². The Hall–Kier alpha value is -1.06. The van der Waals surface area contributed by atoms with Gasteiger partial charge in [-0.2, -0.15) is 0 Å². The maximum atomic E-state index is 12.3. The molecule has 0 aromatic heterocycles. The van der Waals surface area contributed by atoms with Crippen LogP contribution in [0.1, 0.15) is 91.9 Å². The van der Waals surface area contributed by atoms with E-state index in [0.717, 1.165) is 43.4 Å². The molecule has 164 valence electrons. The molecule has 29 heavy (non-hydrogen) atoms.